The molecule has 1 aromatic carbocycles. The highest BCUT2D eigenvalue weighted by atomic mass is 16.1. The fraction of sp³-hybridized carbons (Fsp3) is 0.286. The van der Waals surface area contributed by atoms with Crippen LogP contribution in [-0.2, 0) is 5.54 Å². The fourth-order valence-electron chi connectivity index (χ4n) is 3.14. The third kappa shape index (κ3) is 3.83. The van der Waals surface area contributed by atoms with Crippen molar-refractivity contribution in [1.29, 1.82) is 0 Å². The number of nitrogens with two attached hydrogens (primary N) is 2. The Morgan fingerprint density at radius 1 is 1.07 bits per heavy atom. The predicted octanol–water partition coefficient (Wildman–Crippen LogP) is 3.74. The molecule has 0 saturated heterocycles. The van der Waals surface area contributed by atoms with E-state index in [-0.39, 0.29) is 5.54 Å². The van der Waals surface area contributed by atoms with Crippen LogP contribution in [0.25, 0.3) is 11.3 Å². The van der Waals surface area contributed by atoms with Gasteiger partial charge in [0, 0.05) is 28.3 Å². The quantitative estimate of drug-likeness (QED) is 0.599. The van der Waals surface area contributed by atoms with Gasteiger partial charge in [0.25, 0.3) is 5.91 Å². The second-order valence-corrected chi connectivity index (χ2v) is 7.90. The van der Waals surface area contributed by atoms with Crippen molar-refractivity contribution in [3.05, 3.63) is 53.3 Å². The number of benzene rings is 1. The maximum atomic E-state index is 12.4. The van der Waals surface area contributed by atoms with E-state index in [0.717, 1.165) is 22.6 Å². The molecule has 7 heteroatoms. The number of hydrogen-bond donors (Lipinski definition) is 3. The number of aromatic nitrogens is 3. The summed E-state index contributed by atoms with van der Waals surface area (Å²) in [4.78, 5) is 16.8. The van der Waals surface area contributed by atoms with Gasteiger partial charge in [-0.2, -0.15) is 5.10 Å². The van der Waals surface area contributed by atoms with Gasteiger partial charge in [0.1, 0.15) is 17.1 Å². The number of anilines is 3. The minimum Gasteiger partial charge on any atom is -0.399 e. The van der Waals surface area contributed by atoms with E-state index in [9.17, 15) is 4.79 Å². The molecule has 0 saturated carbocycles. The summed E-state index contributed by atoms with van der Waals surface area (Å²) in [7, 11) is 0. The number of pyridine rings is 1. The molecule has 0 atom stereocenters. The Morgan fingerprint density at radius 2 is 1.64 bits per heavy atom. The van der Waals surface area contributed by atoms with Crippen LogP contribution in [0.4, 0.5) is 17.2 Å². The zero-order chi connectivity index (χ0) is 20.6. The van der Waals surface area contributed by atoms with E-state index in [4.69, 9.17) is 16.6 Å². The highest BCUT2D eigenvalue weighted by Gasteiger charge is 2.28. The Morgan fingerprint density at radius 3 is 2.14 bits per heavy atom. The third-order valence-corrected chi connectivity index (χ3v) is 4.30. The molecule has 0 radical (unpaired) electrons. The van der Waals surface area contributed by atoms with Crippen molar-refractivity contribution in [2.75, 3.05) is 11.1 Å². The van der Waals surface area contributed by atoms with Crippen molar-refractivity contribution in [3.8, 4) is 11.3 Å². The van der Waals surface area contributed by atoms with Crippen molar-refractivity contribution in [3.63, 3.8) is 0 Å². The molecule has 0 unspecified atom stereocenters. The first-order valence-corrected chi connectivity index (χ1v) is 9.08. The summed E-state index contributed by atoms with van der Waals surface area (Å²) in [5.41, 5.74) is 16.1. The zero-order valence-electron chi connectivity index (χ0n) is 16.9. The van der Waals surface area contributed by atoms with Gasteiger partial charge in [-0.1, -0.05) is 12.1 Å². The fourth-order valence-corrected chi connectivity index (χ4v) is 3.14. The summed E-state index contributed by atoms with van der Waals surface area (Å²) in [6.45, 7) is 9.91. The highest BCUT2D eigenvalue weighted by Crippen LogP contribution is 2.34. The summed E-state index contributed by atoms with van der Waals surface area (Å²) >= 11 is 0. The minimum atomic E-state index is -0.549. The molecule has 0 bridgehead atoms. The van der Waals surface area contributed by atoms with Crippen LogP contribution in [0.3, 0.4) is 0 Å². The molecule has 2 heterocycles. The maximum Gasteiger partial charge on any atom is 0.254 e. The van der Waals surface area contributed by atoms with Gasteiger partial charge in [-0.15, -0.1) is 0 Å². The molecule has 146 valence electrons. The van der Waals surface area contributed by atoms with Crippen LogP contribution < -0.4 is 16.8 Å². The molecule has 28 heavy (non-hydrogen) atoms. The first-order chi connectivity index (χ1) is 13.1. The van der Waals surface area contributed by atoms with E-state index in [1.165, 1.54) is 0 Å². The van der Waals surface area contributed by atoms with E-state index < -0.39 is 5.91 Å². The van der Waals surface area contributed by atoms with E-state index in [1.54, 1.807) is 16.8 Å². The summed E-state index contributed by atoms with van der Waals surface area (Å²) in [6, 6.07) is 11.1. The standard InChI is InChI=1S/C21H26N6O/c1-12-10-16(11-13(2)24-12)25-20-17(19(23)28)18(26-27(20)21(3,4)5)14-6-8-15(22)9-7-14/h6-11H,22H2,1-5H3,(H2,23,28)(H,24,25). The molecule has 2 aromatic heterocycles. The molecule has 0 spiro atoms. The van der Waals surface area contributed by atoms with Crippen LogP contribution in [0.1, 0.15) is 42.5 Å². The Bertz CT molecular complexity index is 1010. The van der Waals surface area contributed by atoms with Crippen molar-refractivity contribution < 1.29 is 4.79 Å². The number of hydrogen-bond acceptors (Lipinski definition) is 5. The Balaban J connectivity index is 2.24. The summed E-state index contributed by atoms with van der Waals surface area (Å²) in [6.07, 6.45) is 0. The average molecular weight is 378 g/mol. The summed E-state index contributed by atoms with van der Waals surface area (Å²) in [5, 5.41) is 8.09. The van der Waals surface area contributed by atoms with Crippen LogP contribution in [0.15, 0.2) is 36.4 Å². The maximum absolute atomic E-state index is 12.4. The van der Waals surface area contributed by atoms with Crippen LogP contribution in [0.2, 0.25) is 0 Å². The smallest absolute Gasteiger partial charge is 0.254 e. The lowest BCUT2D eigenvalue weighted by atomic mass is 10.1. The predicted molar refractivity (Wildman–Crippen MR) is 113 cm³/mol. The van der Waals surface area contributed by atoms with Gasteiger partial charge in [-0.3, -0.25) is 9.78 Å². The summed E-state index contributed by atoms with van der Waals surface area (Å²) in [5.74, 6) is 0.00384. The number of nitrogens with one attached hydrogen (secondary N) is 1. The second kappa shape index (κ2) is 6.99. The lowest BCUT2D eigenvalue weighted by Gasteiger charge is -2.23. The number of nitrogen functional groups attached to an aromatic ring is 1. The lowest BCUT2D eigenvalue weighted by molar-refractivity contribution is 0.100. The zero-order valence-corrected chi connectivity index (χ0v) is 16.9. The van der Waals surface area contributed by atoms with Gasteiger partial charge < -0.3 is 16.8 Å². The molecule has 0 aliphatic heterocycles. The van der Waals surface area contributed by atoms with Gasteiger partial charge in [-0.25, -0.2) is 4.68 Å². The van der Waals surface area contributed by atoms with E-state index >= 15 is 0 Å². The first kappa shape index (κ1) is 19.4. The molecule has 3 aromatic rings. The number of primary amides is 1. The van der Waals surface area contributed by atoms with Gasteiger partial charge in [0.05, 0.1) is 5.54 Å². The Labute approximate surface area is 164 Å². The molecule has 1 amide bonds. The average Bonchev–Trinajstić information content (AvgIpc) is 2.94. The Hall–Kier alpha value is -3.35. The summed E-state index contributed by atoms with van der Waals surface area (Å²) < 4.78 is 1.80. The van der Waals surface area contributed by atoms with Crippen LogP contribution in [0, 0.1) is 13.8 Å². The molecule has 0 aliphatic rings. The molecular formula is C21H26N6O. The van der Waals surface area contributed by atoms with Crippen molar-refractivity contribution in [1.82, 2.24) is 14.8 Å². The molecule has 7 nitrogen and oxygen atoms in total. The van der Waals surface area contributed by atoms with Gasteiger partial charge >= 0.3 is 0 Å². The number of carbonyl (C=O) groups is 1. The molecule has 0 fully saturated rings. The third-order valence-electron chi connectivity index (χ3n) is 4.30. The first-order valence-electron chi connectivity index (χ1n) is 9.08. The van der Waals surface area contributed by atoms with Crippen LogP contribution in [-0.4, -0.2) is 20.7 Å². The normalized spacial score (nSPS) is 11.5. The molecule has 5 N–H and O–H groups in total. The number of rotatable bonds is 4. The second-order valence-electron chi connectivity index (χ2n) is 7.90. The van der Waals surface area contributed by atoms with Gasteiger partial charge in [0.2, 0.25) is 0 Å². The van der Waals surface area contributed by atoms with Crippen LogP contribution in [0.5, 0.6) is 0 Å². The van der Waals surface area contributed by atoms with Crippen molar-refractivity contribution >= 4 is 23.1 Å². The molecule has 3 rings (SSSR count). The largest absolute Gasteiger partial charge is 0.399 e. The van der Waals surface area contributed by atoms with Crippen molar-refractivity contribution in [2.45, 2.75) is 40.2 Å². The van der Waals surface area contributed by atoms with E-state index in [0.29, 0.717) is 22.8 Å². The minimum absolute atomic E-state index is 0.340. The number of amides is 1. The van der Waals surface area contributed by atoms with E-state index in [1.807, 2.05) is 58.9 Å². The molecule has 0 aliphatic carbocycles. The topological polar surface area (TPSA) is 112 Å². The number of carbonyl (C=O) groups excluding carboxylic acids is 1. The lowest BCUT2D eigenvalue weighted by Crippen LogP contribution is -2.25. The van der Waals surface area contributed by atoms with Crippen LogP contribution >= 0.6 is 0 Å². The Kier molecular flexibility index (Phi) is 4.85. The highest BCUT2D eigenvalue weighted by molar-refractivity contribution is 6.04. The number of aryl methyl sites for hydroxylation is 2. The molecular weight excluding hydrogens is 352 g/mol. The monoisotopic (exact) mass is 378 g/mol. The van der Waals surface area contributed by atoms with Crippen molar-refractivity contribution in [2.24, 2.45) is 5.73 Å². The SMILES string of the molecule is Cc1cc(Nc2c(C(N)=O)c(-c3ccc(N)cc3)nn2C(C)(C)C)cc(C)n1. The van der Waals surface area contributed by atoms with Gasteiger partial charge in [-0.05, 0) is 58.9 Å². The van der Waals surface area contributed by atoms with E-state index in [2.05, 4.69) is 10.3 Å². The number of nitrogens with zero attached hydrogens (tertiary/aromatic N) is 3. The van der Waals surface area contributed by atoms with Gasteiger partial charge in [0.15, 0.2) is 0 Å².